The van der Waals surface area contributed by atoms with Gasteiger partial charge in [-0.05, 0) is 39.0 Å². The number of rotatable bonds is 5. The van der Waals surface area contributed by atoms with Crippen LogP contribution in [-0.2, 0) is 9.53 Å². The van der Waals surface area contributed by atoms with Gasteiger partial charge in [0.05, 0.1) is 13.2 Å². The molecule has 5 heteroatoms. The number of amides is 1. The molecule has 110 valence electrons. The Morgan fingerprint density at radius 2 is 2.00 bits per heavy atom. The minimum Gasteiger partial charge on any atom is -0.380 e. The molecule has 5 nitrogen and oxygen atoms in total. The van der Waals surface area contributed by atoms with Gasteiger partial charge < -0.3 is 15.2 Å². The molecule has 1 aliphatic carbocycles. The number of aliphatic hydroxyl groups is 1. The van der Waals surface area contributed by atoms with E-state index < -0.39 is 5.60 Å². The van der Waals surface area contributed by atoms with Gasteiger partial charge in [-0.25, -0.2) is 0 Å². The van der Waals surface area contributed by atoms with Crippen LogP contribution in [0, 0.1) is 0 Å². The number of carbonyl (C=O) groups excluding carboxylic acids is 1. The number of nitrogens with zero attached hydrogens (tertiary/aromatic N) is 1. The molecule has 19 heavy (non-hydrogen) atoms. The molecule has 1 unspecified atom stereocenters. The highest BCUT2D eigenvalue weighted by Gasteiger charge is 2.39. The minimum absolute atomic E-state index is 0.111. The summed E-state index contributed by atoms with van der Waals surface area (Å²) in [7, 11) is 0. The van der Waals surface area contributed by atoms with Crippen molar-refractivity contribution in [2.75, 3.05) is 32.8 Å². The van der Waals surface area contributed by atoms with Gasteiger partial charge >= 0.3 is 0 Å². The summed E-state index contributed by atoms with van der Waals surface area (Å²) in [4.78, 5) is 14.4. The van der Waals surface area contributed by atoms with Crippen molar-refractivity contribution in [2.45, 2.75) is 50.7 Å². The van der Waals surface area contributed by atoms with E-state index in [0.29, 0.717) is 12.8 Å². The van der Waals surface area contributed by atoms with Crippen LogP contribution in [0.3, 0.4) is 0 Å². The van der Waals surface area contributed by atoms with Crippen molar-refractivity contribution in [2.24, 2.45) is 0 Å². The number of hydrogen-bond acceptors (Lipinski definition) is 4. The molecule has 0 bridgehead atoms. The van der Waals surface area contributed by atoms with Crippen LogP contribution in [0.1, 0.15) is 39.0 Å². The summed E-state index contributed by atoms with van der Waals surface area (Å²) in [6.45, 7) is 6.55. The quantitative estimate of drug-likeness (QED) is 0.764. The minimum atomic E-state index is -1.10. The first-order chi connectivity index (χ1) is 9.10. The summed E-state index contributed by atoms with van der Waals surface area (Å²) in [5.41, 5.74) is -1.10. The summed E-state index contributed by atoms with van der Waals surface area (Å²) in [6.07, 6.45) is 4.03. The van der Waals surface area contributed by atoms with E-state index in [1.54, 1.807) is 0 Å². The second kappa shape index (κ2) is 6.68. The fraction of sp³-hybridized carbons (Fsp3) is 0.929. The van der Waals surface area contributed by atoms with Crippen LogP contribution in [0.2, 0.25) is 0 Å². The Morgan fingerprint density at radius 1 is 1.37 bits per heavy atom. The first-order valence-electron chi connectivity index (χ1n) is 7.44. The number of nitrogens with one attached hydrogen (secondary N) is 1. The van der Waals surface area contributed by atoms with Crippen molar-refractivity contribution >= 4 is 5.91 Å². The molecule has 0 radical (unpaired) electrons. The van der Waals surface area contributed by atoms with E-state index >= 15 is 0 Å². The molecule has 0 aromatic rings. The van der Waals surface area contributed by atoms with Crippen molar-refractivity contribution in [3.05, 3.63) is 0 Å². The van der Waals surface area contributed by atoms with Crippen molar-refractivity contribution < 1.29 is 14.6 Å². The molecule has 2 fully saturated rings. The first kappa shape index (κ1) is 14.8. The highest BCUT2D eigenvalue weighted by molar-refractivity contribution is 5.85. The lowest BCUT2D eigenvalue weighted by atomic mass is 10.0. The van der Waals surface area contributed by atoms with E-state index in [4.69, 9.17) is 4.74 Å². The van der Waals surface area contributed by atoms with Gasteiger partial charge in [0, 0.05) is 25.7 Å². The Labute approximate surface area is 115 Å². The maximum Gasteiger partial charge on any atom is 0.252 e. The van der Waals surface area contributed by atoms with Gasteiger partial charge in [-0.2, -0.15) is 0 Å². The normalized spacial score (nSPS) is 25.2. The van der Waals surface area contributed by atoms with Gasteiger partial charge in [0.2, 0.25) is 0 Å². The Kier molecular flexibility index (Phi) is 5.19. The van der Waals surface area contributed by atoms with Crippen LogP contribution in [0.25, 0.3) is 0 Å². The Bertz CT molecular complexity index is 297. The number of carbonyl (C=O) groups is 1. The van der Waals surface area contributed by atoms with Crippen LogP contribution in [0.15, 0.2) is 0 Å². The van der Waals surface area contributed by atoms with Gasteiger partial charge in [-0.3, -0.25) is 9.69 Å². The van der Waals surface area contributed by atoms with Gasteiger partial charge in [-0.1, -0.05) is 0 Å². The third-order valence-electron chi connectivity index (χ3n) is 4.21. The average Bonchev–Trinajstić information content (AvgIpc) is 2.86. The first-order valence-corrected chi connectivity index (χ1v) is 7.44. The molecule has 1 saturated carbocycles. The molecule has 1 amide bonds. The number of hydrogen-bond donors (Lipinski definition) is 2. The standard InChI is InChI=1S/C14H26N2O3/c1-12(4-7-16-8-10-19-11-9-16)15-13(17)14(18)5-2-3-6-14/h12,18H,2-11H2,1H3,(H,15,17). The molecule has 0 aromatic heterocycles. The van der Waals surface area contributed by atoms with E-state index in [0.717, 1.165) is 52.1 Å². The van der Waals surface area contributed by atoms with E-state index in [2.05, 4.69) is 10.2 Å². The molecule has 2 rings (SSSR count). The molecular formula is C14H26N2O3. The fourth-order valence-electron chi connectivity index (χ4n) is 2.82. The summed E-state index contributed by atoms with van der Waals surface area (Å²) in [5.74, 6) is -0.181. The molecule has 2 aliphatic rings. The number of morpholine rings is 1. The molecule has 2 N–H and O–H groups in total. The maximum absolute atomic E-state index is 12.0. The zero-order chi connectivity index (χ0) is 13.7. The lowest BCUT2D eigenvalue weighted by Gasteiger charge is -2.29. The number of ether oxygens (including phenoxy) is 1. The predicted molar refractivity (Wildman–Crippen MR) is 72.9 cm³/mol. The van der Waals surface area contributed by atoms with Crippen molar-refractivity contribution in [1.29, 1.82) is 0 Å². The highest BCUT2D eigenvalue weighted by atomic mass is 16.5. The topological polar surface area (TPSA) is 61.8 Å². The molecule has 1 saturated heterocycles. The smallest absolute Gasteiger partial charge is 0.252 e. The van der Waals surface area contributed by atoms with Gasteiger partial charge in [0.25, 0.3) is 5.91 Å². The third kappa shape index (κ3) is 4.16. The summed E-state index contributed by atoms with van der Waals surface area (Å²) < 4.78 is 5.31. The Morgan fingerprint density at radius 3 is 2.63 bits per heavy atom. The Hall–Kier alpha value is -0.650. The third-order valence-corrected chi connectivity index (χ3v) is 4.21. The van der Waals surface area contributed by atoms with Gasteiger partial charge in [0.15, 0.2) is 0 Å². The lowest BCUT2D eigenvalue weighted by Crippen LogP contribution is -2.48. The molecule has 0 aromatic carbocycles. The maximum atomic E-state index is 12.0. The van der Waals surface area contributed by atoms with Crippen LogP contribution >= 0.6 is 0 Å². The van der Waals surface area contributed by atoms with E-state index in [9.17, 15) is 9.90 Å². The fourth-order valence-corrected chi connectivity index (χ4v) is 2.82. The van der Waals surface area contributed by atoms with Gasteiger partial charge in [-0.15, -0.1) is 0 Å². The van der Waals surface area contributed by atoms with Crippen LogP contribution < -0.4 is 5.32 Å². The highest BCUT2D eigenvalue weighted by Crippen LogP contribution is 2.29. The van der Waals surface area contributed by atoms with Crippen molar-refractivity contribution in [1.82, 2.24) is 10.2 Å². The summed E-state index contributed by atoms with van der Waals surface area (Å²) in [5, 5.41) is 13.1. The monoisotopic (exact) mass is 270 g/mol. The Balaban J connectivity index is 1.68. The molecule has 1 atom stereocenters. The van der Waals surface area contributed by atoms with Crippen LogP contribution in [0.4, 0.5) is 0 Å². The van der Waals surface area contributed by atoms with Gasteiger partial charge in [0.1, 0.15) is 5.60 Å². The zero-order valence-electron chi connectivity index (χ0n) is 11.9. The summed E-state index contributed by atoms with van der Waals surface area (Å²) >= 11 is 0. The zero-order valence-corrected chi connectivity index (χ0v) is 11.9. The lowest BCUT2D eigenvalue weighted by molar-refractivity contribution is -0.139. The van der Waals surface area contributed by atoms with Crippen LogP contribution in [0.5, 0.6) is 0 Å². The molecule has 1 aliphatic heterocycles. The molecule has 1 heterocycles. The second-order valence-corrected chi connectivity index (χ2v) is 5.86. The van der Waals surface area contributed by atoms with Crippen LogP contribution in [-0.4, -0.2) is 60.4 Å². The largest absolute Gasteiger partial charge is 0.380 e. The molecule has 0 spiro atoms. The average molecular weight is 270 g/mol. The van der Waals surface area contributed by atoms with E-state index in [1.165, 1.54) is 0 Å². The van der Waals surface area contributed by atoms with E-state index in [1.807, 2.05) is 6.92 Å². The van der Waals surface area contributed by atoms with Crippen molar-refractivity contribution in [3.63, 3.8) is 0 Å². The van der Waals surface area contributed by atoms with E-state index in [-0.39, 0.29) is 11.9 Å². The summed E-state index contributed by atoms with van der Waals surface area (Å²) in [6, 6.07) is 0.111. The SMILES string of the molecule is CC(CCN1CCOCC1)NC(=O)C1(O)CCCC1. The predicted octanol–water partition coefficient (Wildman–Crippen LogP) is 0.518. The second-order valence-electron chi connectivity index (χ2n) is 5.86. The molecular weight excluding hydrogens is 244 g/mol. The van der Waals surface area contributed by atoms with Crippen molar-refractivity contribution in [3.8, 4) is 0 Å².